The van der Waals surface area contributed by atoms with Gasteiger partial charge in [0.2, 0.25) is 0 Å². The molecule has 1 aromatic rings. The Hall–Kier alpha value is -1.58. The van der Waals surface area contributed by atoms with Crippen LogP contribution < -0.4 is 0 Å². The van der Waals surface area contributed by atoms with E-state index in [4.69, 9.17) is 4.74 Å². The summed E-state index contributed by atoms with van der Waals surface area (Å²) in [5.41, 5.74) is 1.29. The Morgan fingerprint density at radius 2 is 2.21 bits per heavy atom. The van der Waals surface area contributed by atoms with Gasteiger partial charge in [-0.2, -0.15) is 0 Å². The molecule has 0 radical (unpaired) electrons. The van der Waals surface area contributed by atoms with Crippen molar-refractivity contribution in [3.8, 4) is 0 Å². The maximum Gasteiger partial charge on any atom is 0.333 e. The van der Waals surface area contributed by atoms with E-state index in [-0.39, 0.29) is 12.1 Å². The fourth-order valence-corrected chi connectivity index (χ4v) is 1.73. The van der Waals surface area contributed by atoms with Crippen LogP contribution in [-0.4, -0.2) is 15.9 Å². The predicted octanol–water partition coefficient (Wildman–Crippen LogP) is 3.88. The summed E-state index contributed by atoms with van der Waals surface area (Å²) in [6.07, 6.45) is 4.25. The van der Waals surface area contributed by atoms with Crippen LogP contribution in [0.1, 0.15) is 70.5 Å². The van der Waals surface area contributed by atoms with Crippen LogP contribution in [0.3, 0.4) is 0 Å². The normalized spacial score (nSPS) is 13.9. The molecule has 0 amide bonds. The summed E-state index contributed by atoms with van der Waals surface area (Å²) < 4.78 is 5.46. The average molecular weight is 264 g/mol. The molecule has 0 saturated carbocycles. The Balaban J connectivity index is 2.83. The molecule has 1 rings (SSSR count). The number of ether oxygens (including phenoxy) is 1. The lowest BCUT2D eigenvalue weighted by molar-refractivity contribution is -0.145. The molecule has 19 heavy (non-hydrogen) atoms. The van der Waals surface area contributed by atoms with Gasteiger partial charge in [0.05, 0.1) is 11.9 Å². The number of carbonyl (C=O) groups excluding carboxylic acids is 1. The van der Waals surface area contributed by atoms with Crippen molar-refractivity contribution in [3.63, 3.8) is 0 Å². The molecule has 0 fully saturated rings. The zero-order valence-corrected chi connectivity index (χ0v) is 12.3. The molecule has 4 nitrogen and oxygen atoms in total. The van der Waals surface area contributed by atoms with E-state index in [2.05, 4.69) is 37.3 Å². The number of esters is 1. The Morgan fingerprint density at radius 1 is 1.53 bits per heavy atom. The quantitative estimate of drug-likeness (QED) is 0.600. The molecule has 2 atom stereocenters. The molecule has 4 heteroatoms. The Morgan fingerprint density at radius 3 is 2.74 bits per heavy atom. The lowest BCUT2D eigenvalue weighted by Crippen LogP contribution is -2.12. The van der Waals surface area contributed by atoms with Crippen molar-refractivity contribution in [2.75, 3.05) is 0 Å². The number of nitrogens with one attached hydrogen (secondary N) is 1. The second kappa shape index (κ2) is 7.12. The summed E-state index contributed by atoms with van der Waals surface area (Å²) in [4.78, 5) is 19.3. The van der Waals surface area contributed by atoms with Crippen LogP contribution in [0, 0.1) is 0 Å². The van der Waals surface area contributed by atoms with Gasteiger partial charge in [-0.1, -0.05) is 33.8 Å². The fraction of sp³-hybridized carbons (Fsp3) is 0.600. The SMILES string of the molecule is C=C(C)C(=O)OC(CCC)c1cnc(C(C)CC)[nH]1. The summed E-state index contributed by atoms with van der Waals surface area (Å²) >= 11 is 0. The maximum atomic E-state index is 11.6. The largest absolute Gasteiger partial charge is 0.453 e. The molecule has 1 heterocycles. The van der Waals surface area contributed by atoms with Crippen molar-refractivity contribution in [1.29, 1.82) is 0 Å². The first-order valence-electron chi connectivity index (χ1n) is 6.90. The number of rotatable bonds is 7. The van der Waals surface area contributed by atoms with E-state index in [1.807, 2.05) is 0 Å². The number of imidazole rings is 1. The number of hydrogen-bond donors (Lipinski definition) is 1. The Kier molecular flexibility index (Phi) is 5.80. The van der Waals surface area contributed by atoms with E-state index in [1.54, 1.807) is 13.1 Å². The summed E-state index contributed by atoms with van der Waals surface area (Å²) in [7, 11) is 0. The third-order valence-electron chi connectivity index (χ3n) is 3.19. The van der Waals surface area contributed by atoms with Gasteiger partial charge in [0.15, 0.2) is 0 Å². The molecule has 1 N–H and O–H groups in total. The van der Waals surface area contributed by atoms with Gasteiger partial charge in [-0.25, -0.2) is 9.78 Å². The zero-order valence-electron chi connectivity index (χ0n) is 12.3. The zero-order chi connectivity index (χ0) is 14.4. The van der Waals surface area contributed by atoms with Crippen LogP contribution in [0.2, 0.25) is 0 Å². The standard InChI is InChI=1S/C15H24N2O2/c1-6-8-13(19-15(18)10(3)4)12-9-16-14(17-12)11(5)7-2/h9,11,13H,3,6-8H2,1-2,4-5H3,(H,16,17). The van der Waals surface area contributed by atoms with E-state index >= 15 is 0 Å². The van der Waals surface area contributed by atoms with E-state index in [1.165, 1.54) is 0 Å². The second-order valence-corrected chi connectivity index (χ2v) is 5.00. The first kappa shape index (κ1) is 15.5. The van der Waals surface area contributed by atoms with Crippen LogP contribution in [0.15, 0.2) is 18.3 Å². The van der Waals surface area contributed by atoms with Crippen molar-refractivity contribution in [2.24, 2.45) is 0 Å². The smallest absolute Gasteiger partial charge is 0.333 e. The third-order valence-corrected chi connectivity index (χ3v) is 3.19. The van der Waals surface area contributed by atoms with Gasteiger partial charge in [0.25, 0.3) is 0 Å². The van der Waals surface area contributed by atoms with Crippen molar-refractivity contribution in [3.05, 3.63) is 29.9 Å². The fourth-order valence-electron chi connectivity index (χ4n) is 1.73. The molecule has 0 spiro atoms. The van der Waals surface area contributed by atoms with Gasteiger partial charge < -0.3 is 9.72 Å². The van der Waals surface area contributed by atoms with E-state index in [0.29, 0.717) is 11.5 Å². The molecule has 1 aromatic heterocycles. The minimum absolute atomic E-state index is 0.264. The molecule has 0 bridgehead atoms. The molecule has 0 aliphatic carbocycles. The summed E-state index contributed by atoms with van der Waals surface area (Å²) in [6, 6.07) is 0. The van der Waals surface area contributed by atoms with Crippen LogP contribution in [0.4, 0.5) is 0 Å². The molecule has 0 aliphatic heterocycles. The number of nitrogens with zero attached hydrogens (tertiary/aromatic N) is 1. The van der Waals surface area contributed by atoms with Crippen molar-refractivity contribution >= 4 is 5.97 Å². The number of aromatic amines is 1. The highest BCUT2D eigenvalue weighted by Gasteiger charge is 2.19. The first-order valence-corrected chi connectivity index (χ1v) is 6.90. The summed E-state index contributed by atoms with van der Waals surface area (Å²) in [5, 5.41) is 0. The van der Waals surface area contributed by atoms with E-state index in [0.717, 1.165) is 30.8 Å². The van der Waals surface area contributed by atoms with Gasteiger partial charge in [-0.05, 0) is 19.8 Å². The van der Waals surface area contributed by atoms with Crippen molar-refractivity contribution < 1.29 is 9.53 Å². The van der Waals surface area contributed by atoms with Crippen LogP contribution in [0.25, 0.3) is 0 Å². The number of hydrogen-bond acceptors (Lipinski definition) is 3. The summed E-state index contributed by atoms with van der Waals surface area (Å²) in [6.45, 7) is 11.6. The number of H-pyrrole nitrogens is 1. The van der Waals surface area contributed by atoms with Crippen molar-refractivity contribution in [1.82, 2.24) is 9.97 Å². The lowest BCUT2D eigenvalue weighted by Gasteiger charge is -2.16. The first-order chi connectivity index (χ1) is 8.99. The predicted molar refractivity (Wildman–Crippen MR) is 75.8 cm³/mol. The van der Waals surface area contributed by atoms with Crippen LogP contribution >= 0.6 is 0 Å². The Bertz CT molecular complexity index is 437. The Labute approximate surface area is 115 Å². The van der Waals surface area contributed by atoms with Gasteiger partial charge in [0, 0.05) is 11.5 Å². The minimum Gasteiger partial charge on any atom is -0.453 e. The second-order valence-electron chi connectivity index (χ2n) is 5.00. The van der Waals surface area contributed by atoms with Gasteiger partial charge in [-0.3, -0.25) is 0 Å². The molecule has 0 saturated heterocycles. The lowest BCUT2D eigenvalue weighted by atomic mass is 10.1. The number of carbonyl (C=O) groups is 1. The molecular weight excluding hydrogens is 240 g/mol. The third kappa shape index (κ3) is 4.23. The van der Waals surface area contributed by atoms with Gasteiger partial charge >= 0.3 is 5.97 Å². The maximum absolute atomic E-state index is 11.6. The molecular formula is C15H24N2O2. The van der Waals surface area contributed by atoms with Crippen LogP contribution in [0.5, 0.6) is 0 Å². The van der Waals surface area contributed by atoms with E-state index in [9.17, 15) is 4.79 Å². The highest BCUT2D eigenvalue weighted by molar-refractivity contribution is 5.87. The van der Waals surface area contributed by atoms with Gasteiger partial charge in [-0.15, -0.1) is 0 Å². The minimum atomic E-state index is -0.349. The monoisotopic (exact) mass is 264 g/mol. The summed E-state index contributed by atoms with van der Waals surface area (Å²) in [5.74, 6) is 0.982. The molecule has 0 aromatic carbocycles. The van der Waals surface area contributed by atoms with Gasteiger partial charge in [0.1, 0.15) is 11.9 Å². The topological polar surface area (TPSA) is 55.0 Å². The molecule has 0 aliphatic rings. The highest BCUT2D eigenvalue weighted by Crippen LogP contribution is 2.24. The molecule has 106 valence electrons. The molecule has 2 unspecified atom stereocenters. The number of aromatic nitrogens is 2. The van der Waals surface area contributed by atoms with E-state index < -0.39 is 0 Å². The van der Waals surface area contributed by atoms with Crippen molar-refractivity contribution in [2.45, 2.75) is 59.0 Å². The average Bonchev–Trinajstić information content (AvgIpc) is 2.86. The highest BCUT2D eigenvalue weighted by atomic mass is 16.5. The van der Waals surface area contributed by atoms with Crippen LogP contribution in [-0.2, 0) is 9.53 Å².